The molecule has 0 aliphatic heterocycles. The maximum Gasteiger partial charge on any atom is 0.232 e. The standard InChI is InChI=1S/C22H29N3O3/c1-5-25(16(2)26)22(28)21(18-12-9-13-23-15-18)19(14-20(27)24(3)4)17-10-7-6-8-11-17/h6-13,15-16,19,21,26H,5,14H2,1-4H3. The SMILES string of the molecule is CCN(C(=O)C(c1cccnc1)C(CC(=O)N(C)C)c1ccccc1)C(C)O. The summed E-state index contributed by atoms with van der Waals surface area (Å²) < 4.78 is 0. The van der Waals surface area contributed by atoms with Crippen LogP contribution in [0.25, 0.3) is 0 Å². The molecule has 1 aromatic carbocycles. The zero-order valence-electron chi connectivity index (χ0n) is 16.9. The lowest BCUT2D eigenvalue weighted by Crippen LogP contribution is -2.43. The normalized spacial score (nSPS) is 14.0. The summed E-state index contributed by atoms with van der Waals surface area (Å²) in [4.78, 5) is 33.2. The second-order valence-electron chi connectivity index (χ2n) is 7.03. The maximum atomic E-state index is 13.5. The number of hydrogen-bond acceptors (Lipinski definition) is 4. The van der Waals surface area contributed by atoms with Gasteiger partial charge in [-0.1, -0.05) is 36.4 Å². The van der Waals surface area contributed by atoms with Crippen LogP contribution < -0.4 is 0 Å². The van der Waals surface area contributed by atoms with Gasteiger partial charge in [-0.2, -0.15) is 0 Å². The molecule has 150 valence electrons. The van der Waals surface area contributed by atoms with Gasteiger partial charge in [-0.25, -0.2) is 0 Å². The third-order valence-corrected chi connectivity index (χ3v) is 4.91. The summed E-state index contributed by atoms with van der Waals surface area (Å²) in [6, 6.07) is 13.2. The molecule has 0 aliphatic carbocycles. The maximum absolute atomic E-state index is 13.5. The topological polar surface area (TPSA) is 73.7 Å². The van der Waals surface area contributed by atoms with E-state index in [0.29, 0.717) is 6.54 Å². The van der Waals surface area contributed by atoms with E-state index in [1.807, 2.05) is 43.3 Å². The highest BCUT2D eigenvalue weighted by Crippen LogP contribution is 2.37. The number of nitrogens with zero attached hydrogens (tertiary/aromatic N) is 3. The molecule has 0 saturated heterocycles. The Labute approximate surface area is 166 Å². The lowest BCUT2D eigenvalue weighted by atomic mass is 9.78. The molecule has 0 aliphatic rings. The van der Waals surface area contributed by atoms with Crippen LogP contribution in [0.2, 0.25) is 0 Å². The first-order valence-electron chi connectivity index (χ1n) is 9.50. The van der Waals surface area contributed by atoms with Crippen molar-refractivity contribution in [2.45, 2.75) is 38.3 Å². The molecule has 2 amide bonds. The molecule has 0 radical (unpaired) electrons. The van der Waals surface area contributed by atoms with Gasteiger partial charge >= 0.3 is 0 Å². The van der Waals surface area contributed by atoms with Gasteiger partial charge < -0.3 is 14.9 Å². The number of carbonyl (C=O) groups excluding carboxylic acids is 2. The molecule has 0 fully saturated rings. The third-order valence-electron chi connectivity index (χ3n) is 4.91. The molecule has 6 heteroatoms. The molecule has 1 aromatic heterocycles. The van der Waals surface area contributed by atoms with Crippen molar-refractivity contribution < 1.29 is 14.7 Å². The Morgan fingerprint density at radius 1 is 1.07 bits per heavy atom. The summed E-state index contributed by atoms with van der Waals surface area (Å²) in [5, 5.41) is 10.1. The number of aromatic nitrogens is 1. The predicted octanol–water partition coefficient (Wildman–Crippen LogP) is 2.61. The van der Waals surface area contributed by atoms with Crippen LogP contribution in [0, 0.1) is 0 Å². The molecule has 0 saturated carbocycles. The molecule has 2 aromatic rings. The van der Waals surface area contributed by atoms with Crippen LogP contribution in [0.4, 0.5) is 0 Å². The average molecular weight is 383 g/mol. The van der Waals surface area contributed by atoms with Gasteiger partial charge in [0.05, 0.1) is 5.92 Å². The summed E-state index contributed by atoms with van der Waals surface area (Å²) in [5.41, 5.74) is 1.63. The van der Waals surface area contributed by atoms with E-state index in [2.05, 4.69) is 4.98 Å². The van der Waals surface area contributed by atoms with Crippen LogP contribution in [-0.2, 0) is 9.59 Å². The number of rotatable bonds is 8. The fourth-order valence-corrected chi connectivity index (χ4v) is 3.39. The van der Waals surface area contributed by atoms with Crippen LogP contribution in [-0.4, -0.2) is 58.6 Å². The van der Waals surface area contributed by atoms with Crippen molar-refractivity contribution in [3.8, 4) is 0 Å². The summed E-state index contributed by atoms with van der Waals surface area (Å²) in [5.74, 6) is -1.28. The molecule has 3 unspecified atom stereocenters. The van der Waals surface area contributed by atoms with Crippen molar-refractivity contribution in [1.82, 2.24) is 14.8 Å². The quantitative estimate of drug-likeness (QED) is 0.711. The number of aliphatic hydroxyl groups excluding tert-OH is 1. The fraction of sp³-hybridized carbons (Fsp3) is 0.409. The molecule has 2 rings (SSSR count). The monoisotopic (exact) mass is 383 g/mol. The van der Waals surface area contributed by atoms with Gasteiger partial charge in [0.1, 0.15) is 6.23 Å². The average Bonchev–Trinajstić information content (AvgIpc) is 2.69. The van der Waals surface area contributed by atoms with Crippen LogP contribution >= 0.6 is 0 Å². The zero-order chi connectivity index (χ0) is 20.7. The Kier molecular flexibility index (Phi) is 7.70. The molecule has 1 heterocycles. The molecule has 6 nitrogen and oxygen atoms in total. The minimum Gasteiger partial charge on any atom is -0.374 e. The van der Waals surface area contributed by atoms with Crippen molar-refractivity contribution in [1.29, 1.82) is 0 Å². The molecule has 1 N–H and O–H groups in total. The number of likely N-dealkylation sites (N-methyl/N-ethyl adjacent to an activating group) is 1. The van der Waals surface area contributed by atoms with Gasteiger partial charge in [-0.3, -0.25) is 14.6 Å². The van der Waals surface area contributed by atoms with Crippen molar-refractivity contribution >= 4 is 11.8 Å². The van der Waals surface area contributed by atoms with E-state index < -0.39 is 12.1 Å². The van der Waals surface area contributed by atoms with Gasteiger partial charge in [0.2, 0.25) is 11.8 Å². The van der Waals surface area contributed by atoms with E-state index in [9.17, 15) is 14.7 Å². The van der Waals surface area contributed by atoms with Crippen molar-refractivity contribution in [2.24, 2.45) is 0 Å². The van der Waals surface area contributed by atoms with Gasteiger partial charge in [0.25, 0.3) is 0 Å². The third kappa shape index (κ3) is 5.16. The van der Waals surface area contributed by atoms with Crippen LogP contribution in [0.3, 0.4) is 0 Å². The lowest BCUT2D eigenvalue weighted by Gasteiger charge is -2.33. The van der Waals surface area contributed by atoms with Crippen molar-refractivity contribution in [3.05, 3.63) is 66.0 Å². The summed E-state index contributed by atoms with van der Waals surface area (Å²) >= 11 is 0. The van der Waals surface area contributed by atoms with Crippen LogP contribution in [0.15, 0.2) is 54.9 Å². The first-order valence-corrected chi connectivity index (χ1v) is 9.50. The summed E-state index contributed by atoms with van der Waals surface area (Å²) in [6.45, 7) is 3.77. The smallest absolute Gasteiger partial charge is 0.232 e. The predicted molar refractivity (Wildman–Crippen MR) is 109 cm³/mol. The van der Waals surface area contributed by atoms with Crippen LogP contribution in [0.5, 0.6) is 0 Å². The highest BCUT2D eigenvalue weighted by molar-refractivity contribution is 5.86. The molecular formula is C22H29N3O3. The van der Waals surface area contributed by atoms with Crippen molar-refractivity contribution in [3.63, 3.8) is 0 Å². The Morgan fingerprint density at radius 2 is 1.71 bits per heavy atom. The zero-order valence-corrected chi connectivity index (χ0v) is 16.9. The largest absolute Gasteiger partial charge is 0.374 e. The summed E-state index contributed by atoms with van der Waals surface area (Å²) in [6.07, 6.45) is 2.58. The fourth-order valence-electron chi connectivity index (χ4n) is 3.39. The molecule has 3 atom stereocenters. The van der Waals surface area contributed by atoms with Gasteiger partial charge in [-0.05, 0) is 31.0 Å². The second-order valence-corrected chi connectivity index (χ2v) is 7.03. The van der Waals surface area contributed by atoms with Gasteiger partial charge in [-0.15, -0.1) is 0 Å². The molecule has 28 heavy (non-hydrogen) atoms. The van der Waals surface area contributed by atoms with Gasteiger partial charge in [0, 0.05) is 45.4 Å². The van der Waals surface area contributed by atoms with E-state index in [1.165, 1.54) is 9.80 Å². The number of aliphatic hydroxyl groups is 1. The van der Waals surface area contributed by atoms with E-state index in [4.69, 9.17) is 0 Å². The number of carbonyl (C=O) groups is 2. The van der Waals surface area contributed by atoms with Gasteiger partial charge in [0.15, 0.2) is 0 Å². The number of hydrogen-bond donors (Lipinski definition) is 1. The summed E-state index contributed by atoms with van der Waals surface area (Å²) in [7, 11) is 3.42. The molecule has 0 spiro atoms. The Balaban J connectivity index is 2.57. The highest BCUT2D eigenvalue weighted by Gasteiger charge is 2.36. The number of pyridine rings is 1. The first-order chi connectivity index (χ1) is 13.4. The number of amides is 2. The van der Waals surface area contributed by atoms with E-state index >= 15 is 0 Å². The highest BCUT2D eigenvalue weighted by atomic mass is 16.3. The second kappa shape index (κ2) is 9.99. The minimum absolute atomic E-state index is 0.0596. The number of benzene rings is 1. The Morgan fingerprint density at radius 3 is 2.21 bits per heavy atom. The van der Waals surface area contributed by atoms with E-state index in [-0.39, 0.29) is 24.2 Å². The van der Waals surface area contributed by atoms with Crippen LogP contribution in [0.1, 0.15) is 43.2 Å². The first kappa shape index (κ1) is 21.6. The molecule has 0 bridgehead atoms. The van der Waals surface area contributed by atoms with E-state index in [0.717, 1.165) is 11.1 Å². The Bertz CT molecular complexity index is 763. The van der Waals surface area contributed by atoms with Crippen molar-refractivity contribution in [2.75, 3.05) is 20.6 Å². The minimum atomic E-state index is -0.919. The molecular weight excluding hydrogens is 354 g/mol. The lowest BCUT2D eigenvalue weighted by molar-refractivity contribution is -0.142. The Hall–Kier alpha value is -2.73. The van der Waals surface area contributed by atoms with E-state index in [1.54, 1.807) is 39.5 Å².